The Hall–Kier alpha value is -2.18. The normalized spacial score (nSPS) is 13.5. The second-order valence-corrected chi connectivity index (χ2v) is 8.56. The van der Waals surface area contributed by atoms with E-state index in [0.29, 0.717) is 31.8 Å². The molecule has 0 aliphatic carbocycles. The zero-order valence-electron chi connectivity index (χ0n) is 18.7. The number of unbranched alkanes of at least 4 members (excludes halogenated alkanes) is 2. The predicted octanol–water partition coefficient (Wildman–Crippen LogP) is 3.48. The fourth-order valence-electron chi connectivity index (χ4n) is 3.41. The van der Waals surface area contributed by atoms with Gasteiger partial charge >= 0.3 is 11.7 Å². The van der Waals surface area contributed by atoms with Crippen molar-refractivity contribution in [2.24, 2.45) is 17.3 Å². The molecule has 0 aliphatic heterocycles. The van der Waals surface area contributed by atoms with Crippen LogP contribution < -0.4 is 11.2 Å². The summed E-state index contributed by atoms with van der Waals surface area (Å²) in [5, 5.41) is 0. The quantitative estimate of drug-likeness (QED) is 0.413. The molecule has 164 valence electrons. The van der Waals surface area contributed by atoms with Gasteiger partial charge in [-0.1, -0.05) is 27.7 Å². The van der Waals surface area contributed by atoms with Gasteiger partial charge in [0, 0.05) is 25.2 Å². The van der Waals surface area contributed by atoms with Gasteiger partial charge < -0.3 is 4.74 Å². The van der Waals surface area contributed by atoms with E-state index in [0.717, 1.165) is 15.6 Å². The van der Waals surface area contributed by atoms with E-state index >= 15 is 0 Å². The van der Waals surface area contributed by atoms with Crippen LogP contribution in [0, 0.1) is 17.3 Å². The number of rotatable bonds is 11. The van der Waals surface area contributed by atoms with Gasteiger partial charge in [0.05, 0.1) is 12.0 Å². The number of aromatic nitrogens is 2. The third-order valence-corrected chi connectivity index (χ3v) is 5.50. The molecule has 7 nitrogen and oxygen atoms in total. The van der Waals surface area contributed by atoms with Crippen molar-refractivity contribution in [3.8, 4) is 0 Å². The summed E-state index contributed by atoms with van der Waals surface area (Å²) in [6, 6.07) is 1.23. The first-order valence-corrected chi connectivity index (χ1v) is 10.6. The fourth-order valence-corrected chi connectivity index (χ4v) is 3.41. The SMILES string of the molecule is CCn1c(=O)ccn(C(=O)CCCCCOC(=O)C(C)(CC(C)C)C(C)C)c1=O. The van der Waals surface area contributed by atoms with Crippen molar-refractivity contribution in [2.75, 3.05) is 6.61 Å². The smallest absolute Gasteiger partial charge is 0.337 e. The highest BCUT2D eigenvalue weighted by Gasteiger charge is 2.38. The van der Waals surface area contributed by atoms with Crippen LogP contribution in [0.1, 0.15) is 78.4 Å². The molecule has 7 heteroatoms. The lowest BCUT2D eigenvalue weighted by atomic mass is 9.73. The number of carbonyl (C=O) groups excluding carboxylic acids is 2. The summed E-state index contributed by atoms with van der Waals surface area (Å²) < 4.78 is 7.53. The Balaban J connectivity index is 2.46. The maximum atomic E-state index is 12.6. The van der Waals surface area contributed by atoms with E-state index in [9.17, 15) is 19.2 Å². The molecule has 1 aromatic heterocycles. The van der Waals surface area contributed by atoms with E-state index in [2.05, 4.69) is 13.8 Å². The zero-order chi connectivity index (χ0) is 22.2. The molecule has 0 amide bonds. The predicted molar refractivity (Wildman–Crippen MR) is 113 cm³/mol. The average molecular weight is 409 g/mol. The lowest BCUT2D eigenvalue weighted by molar-refractivity contribution is -0.159. The van der Waals surface area contributed by atoms with Gasteiger partial charge in [0.2, 0.25) is 5.91 Å². The summed E-state index contributed by atoms with van der Waals surface area (Å²) >= 11 is 0. The van der Waals surface area contributed by atoms with Crippen molar-refractivity contribution < 1.29 is 14.3 Å². The van der Waals surface area contributed by atoms with Gasteiger partial charge in [-0.05, 0) is 51.4 Å². The number of ether oxygens (including phenoxy) is 1. The third kappa shape index (κ3) is 6.68. The minimum atomic E-state index is -0.600. The Bertz CT molecular complexity index is 806. The highest BCUT2D eigenvalue weighted by atomic mass is 16.5. The second kappa shape index (κ2) is 11.1. The van der Waals surface area contributed by atoms with Crippen LogP contribution in [0.3, 0.4) is 0 Å². The summed E-state index contributed by atoms with van der Waals surface area (Å²) in [6.07, 6.45) is 4.19. The molecule has 0 saturated carbocycles. The van der Waals surface area contributed by atoms with Crippen molar-refractivity contribution in [3.05, 3.63) is 33.1 Å². The van der Waals surface area contributed by atoms with Gasteiger partial charge in [0.25, 0.3) is 5.56 Å². The average Bonchev–Trinajstić information content (AvgIpc) is 2.63. The van der Waals surface area contributed by atoms with Gasteiger partial charge in [-0.3, -0.25) is 19.0 Å². The van der Waals surface area contributed by atoms with Crippen LogP contribution in [0.4, 0.5) is 0 Å². The van der Waals surface area contributed by atoms with Crippen LogP contribution in [-0.2, 0) is 16.1 Å². The summed E-state index contributed by atoms with van der Waals surface area (Å²) in [5.41, 5.74) is -1.50. The van der Waals surface area contributed by atoms with Crippen LogP contribution >= 0.6 is 0 Å². The Morgan fingerprint density at radius 3 is 2.31 bits per heavy atom. The van der Waals surface area contributed by atoms with Gasteiger partial charge in [-0.25, -0.2) is 9.36 Å². The molecule has 0 bridgehead atoms. The lowest BCUT2D eigenvalue weighted by Crippen LogP contribution is -2.40. The summed E-state index contributed by atoms with van der Waals surface area (Å²) in [4.78, 5) is 48.6. The summed E-state index contributed by atoms with van der Waals surface area (Å²) in [6.45, 7) is 12.5. The van der Waals surface area contributed by atoms with Crippen molar-refractivity contribution in [1.82, 2.24) is 9.13 Å². The first kappa shape index (κ1) is 24.9. The standard InChI is InChI=1S/C22H36N2O5/c1-7-23-19(26)12-13-24(21(23)28)18(25)11-9-8-10-14-29-20(27)22(6,17(4)5)15-16(2)3/h12-13,16-17H,7-11,14-15H2,1-6H3. The van der Waals surface area contributed by atoms with E-state index < -0.39 is 16.7 Å². The minimum Gasteiger partial charge on any atom is -0.465 e. The van der Waals surface area contributed by atoms with Crippen LogP contribution in [0.5, 0.6) is 0 Å². The van der Waals surface area contributed by atoms with Gasteiger partial charge in [-0.2, -0.15) is 0 Å². The number of carbonyl (C=O) groups is 2. The van der Waals surface area contributed by atoms with E-state index in [4.69, 9.17) is 4.74 Å². The van der Waals surface area contributed by atoms with Crippen LogP contribution in [0.2, 0.25) is 0 Å². The molecule has 0 saturated heterocycles. The Kier molecular flexibility index (Phi) is 9.53. The van der Waals surface area contributed by atoms with Crippen LogP contribution in [0.25, 0.3) is 0 Å². The third-order valence-electron chi connectivity index (χ3n) is 5.50. The van der Waals surface area contributed by atoms with E-state index in [1.54, 1.807) is 6.92 Å². The maximum Gasteiger partial charge on any atom is 0.337 e. The van der Waals surface area contributed by atoms with Gasteiger partial charge in [0.1, 0.15) is 0 Å². The molecule has 1 aromatic rings. The highest BCUT2D eigenvalue weighted by Crippen LogP contribution is 2.35. The summed E-state index contributed by atoms with van der Waals surface area (Å²) in [7, 11) is 0. The summed E-state index contributed by atoms with van der Waals surface area (Å²) in [5.74, 6) is 0.107. The van der Waals surface area contributed by atoms with Crippen molar-refractivity contribution >= 4 is 11.9 Å². The highest BCUT2D eigenvalue weighted by molar-refractivity contribution is 5.78. The first-order valence-electron chi connectivity index (χ1n) is 10.6. The largest absolute Gasteiger partial charge is 0.465 e. The maximum absolute atomic E-state index is 12.6. The molecule has 0 aliphatic rings. The Morgan fingerprint density at radius 1 is 1.10 bits per heavy atom. The molecule has 0 spiro atoms. The number of hydrogen-bond acceptors (Lipinski definition) is 5. The van der Waals surface area contributed by atoms with Crippen molar-refractivity contribution in [2.45, 2.75) is 80.2 Å². The number of nitrogens with zero attached hydrogens (tertiary/aromatic N) is 2. The van der Waals surface area contributed by atoms with E-state index in [-0.39, 0.29) is 30.8 Å². The molecule has 1 unspecified atom stereocenters. The molecule has 29 heavy (non-hydrogen) atoms. The lowest BCUT2D eigenvalue weighted by Gasteiger charge is -2.32. The molecule has 1 heterocycles. The van der Waals surface area contributed by atoms with E-state index in [1.165, 1.54) is 12.3 Å². The topological polar surface area (TPSA) is 87.4 Å². The van der Waals surface area contributed by atoms with Crippen molar-refractivity contribution in [3.63, 3.8) is 0 Å². The van der Waals surface area contributed by atoms with Crippen molar-refractivity contribution in [1.29, 1.82) is 0 Å². The number of esters is 1. The second-order valence-electron chi connectivity index (χ2n) is 8.56. The molecular weight excluding hydrogens is 372 g/mol. The zero-order valence-corrected chi connectivity index (χ0v) is 18.7. The molecule has 0 N–H and O–H groups in total. The first-order chi connectivity index (χ1) is 13.5. The number of hydrogen-bond donors (Lipinski definition) is 0. The molecule has 1 atom stereocenters. The van der Waals surface area contributed by atoms with E-state index in [1.807, 2.05) is 20.8 Å². The Labute approximate surface area is 173 Å². The Morgan fingerprint density at radius 2 is 1.76 bits per heavy atom. The minimum absolute atomic E-state index is 0.161. The molecule has 0 radical (unpaired) electrons. The molecule has 1 rings (SSSR count). The molecule has 0 aromatic carbocycles. The monoisotopic (exact) mass is 408 g/mol. The van der Waals surface area contributed by atoms with Gasteiger partial charge in [0.15, 0.2) is 0 Å². The molecular formula is C22H36N2O5. The van der Waals surface area contributed by atoms with Crippen LogP contribution in [0.15, 0.2) is 21.9 Å². The molecule has 0 fully saturated rings. The van der Waals surface area contributed by atoms with Gasteiger partial charge in [-0.15, -0.1) is 0 Å². The fraction of sp³-hybridized carbons (Fsp3) is 0.727. The van der Waals surface area contributed by atoms with Crippen LogP contribution in [-0.4, -0.2) is 27.6 Å².